The van der Waals surface area contributed by atoms with Crippen molar-refractivity contribution in [3.63, 3.8) is 0 Å². The molecule has 0 spiro atoms. The van der Waals surface area contributed by atoms with Gasteiger partial charge in [-0.1, -0.05) is 71.1 Å². The minimum Gasteiger partial charge on any atom is -0.300 e. The summed E-state index contributed by atoms with van der Waals surface area (Å²) >= 11 is 0. The minimum atomic E-state index is 0.511. The van der Waals surface area contributed by atoms with Crippen LogP contribution >= 0.6 is 0 Å². The van der Waals surface area contributed by atoms with Crippen LogP contribution in [0.1, 0.15) is 122 Å². The fourth-order valence-electron chi connectivity index (χ4n) is 6.46. The lowest BCUT2D eigenvalue weighted by molar-refractivity contribution is -0.121. The monoisotopic (exact) mass is 360 g/mol. The number of carbonyl (C=O) groups is 1. The first kappa shape index (κ1) is 20.4. The van der Waals surface area contributed by atoms with Crippen molar-refractivity contribution >= 4 is 5.78 Å². The van der Waals surface area contributed by atoms with Crippen LogP contribution in [-0.4, -0.2) is 5.78 Å². The van der Waals surface area contributed by atoms with E-state index in [1.165, 1.54) is 77.0 Å². The fraction of sp³-hybridized carbons (Fsp3) is 0.960. The lowest BCUT2D eigenvalue weighted by Gasteiger charge is -2.38. The minimum absolute atomic E-state index is 0.511. The van der Waals surface area contributed by atoms with E-state index < -0.39 is 0 Å². The molecule has 0 amide bonds. The number of ketones is 1. The van der Waals surface area contributed by atoms with Crippen LogP contribution in [0.4, 0.5) is 0 Å². The van der Waals surface area contributed by atoms with Crippen molar-refractivity contribution in [2.75, 3.05) is 0 Å². The van der Waals surface area contributed by atoms with Gasteiger partial charge >= 0.3 is 0 Å². The number of carbonyl (C=O) groups excluding carboxylic acids is 1. The first-order valence-corrected chi connectivity index (χ1v) is 12.3. The van der Waals surface area contributed by atoms with E-state index in [-0.39, 0.29) is 0 Å². The highest BCUT2D eigenvalue weighted by Crippen LogP contribution is 2.43. The Morgan fingerprint density at radius 1 is 0.615 bits per heavy atom. The molecule has 3 aliphatic rings. The number of hydrogen-bond acceptors (Lipinski definition) is 1. The Morgan fingerprint density at radius 2 is 1.04 bits per heavy atom. The summed E-state index contributed by atoms with van der Waals surface area (Å²) in [4.78, 5) is 11.3. The lowest BCUT2D eigenvalue weighted by Crippen LogP contribution is -2.25. The van der Waals surface area contributed by atoms with Crippen molar-refractivity contribution in [2.24, 2.45) is 29.6 Å². The molecule has 0 atom stereocenters. The van der Waals surface area contributed by atoms with E-state index in [2.05, 4.69) is 6.92 Å². The Hall–Kier alpha value is -0.330. The summed E-state index contributed by atoms with van der Waals surface area (Å²) in [5.41, 5.74) is 0. The molecular weight excluding hydrogens is 316 g/mol. The zero-order valence-electron chi connectivity index (χ0n) is 17.5. The molecule has 3 saturated carbocycles. The van der Waals surface area contributed by atoms with Crippen LogP contribution in [0, 0.1) is 29.6 Å². The van der Waals surface area contributed by atoms with Crippen LogP contribution in [0.15, 0.2) is 0 Å². The second-order valence-corrected chi connectivity index (χ2v) is 10.1. The van der Waals surface area contributed by atoms with Gasteiger partial charge in [0.1, 0.15) is 5.78 Å². The molecule has 0 aliphatic heterocycles. The summed E-state index contributed by atoms with van der Waals surface area (Å²) < 4.78 is 0. The molecule has 3 rings (SSSR count). The molecule has 3 fully saturated rings. The Kier molecular flexibility index (Phi) is 8.53. The molecule has 0 aromatic rings. The first-order valence-electron chi connectivity index (χ1n) is 12.3. The Balaban J connectivity index is 1.23. The molecular formula is C25H44O. The van der Waals surface area contributed by atoms with Crippen LogP contribution in [-0.2, 0) is 4.79 Å². The van der Waals surface area contributed by atoms with Gasteiger partial charge in [-0.15, -0.1) is 0 Å². The largest absolute Gasteiger partial charge is 0.300 e. The normalized spacial score (nSPS) is 34.1. The van der Waals surface area contributed by atoms with Crippen molar-refractivity contribution in [1.29, 1.82) is 0 Å². The van der Waals surface area contributed by atoms with Gasteiger partial charge in [-0.3, -0.25) is 4.79 Å². The molecule has 0 saturated heterocycles. The Morgan fingerprint density at radius 3 is 1.50 bits per heavy atom. The fourth-order valence-corrected chi connectivity index (χ4v) is 6.46. The van der Waals surface area contributed by atoms with Gasteiger partial charge in [0, 0.05) is 12.8 Å². The average molecular weight is 361 g/mol. The van der Waals surface area contributed by atoms with E-state index in [0.717, 1.165) is 42.4 Å². The van der Waals surface area contributed by atoms with Gasteiger partial charge in [-0.25, -0.2) is 0 Å². The van der Waals surface area contributed by atoms with Crippen LogP contribution in [0.2, 0.25) is 0 Å². The number of Topliss-reactive ketones (excluding diaryl/α,β-unsaturated/α-hetero) is 1. The van der Waals surface area contributed by atoms with E-state index in [9.17, 15) is 4.79 Å². The zero-order chi connectivity index (χ0) is 18.2. The van der Waals surface area contributed by atoms with Crippen LogP contribution < -0.4 is 0 Å². The zero-order valence-corrected chi connectivity index (χ0v) is 17.5. The van der Waals surface area contributed by atoms with Crippen molar-refractivity contribution in [3.8, 4) is 0 Å². The molecule has 26 heavy (non-hydrogen) atoms. The molecule has 0 radical (unpaired) electrons. The molecule has 0 unspecified atom stereocenters. The highest BCUT2D eigenvalue weighted by molar-refractivity contribution is 5.78. The second-order valence-electron chi connectivity index (χ2n) is 10.1. The molecule has 150 valence electrons. The summed E-state index contributed by atoms with van der Waals surface area (Å²) in [6.45, 7) is 2.35. The average Bonchev–Trinajstić information content (AvgIpc) is 2.68. The molecule has 0 aromatic carbocycles. The standard InChI is InChI=1S/C25H44O/c1-2-5-20-8-14-23(15-9-20)24-16-10-21(11-17-24)6-3-4-7-22-12-18-25(26)19-13-22/h20-24H,2-19H2,1H3/t20-,21-,23-,24-. The van der Waals surface area contributed by atoms with Crippen molar-refractivity contribution in [3.05, 3.63) is 0 Å². The predicted octanol–water partition coefficient (Wildman–Crippen LogP) is 7.72. The van der Waals surface area contributed by atoms with E-state index in [1.807, 2.05) is 0 Å². The summed E-state index contributed by atoms with van der Waals surface area (Å²) in [5, 5.41) is 0. The quantitative estimate of drug-likeness (QED) is 0.405. The molecule has 1 heteroatoms. The van der Waals surface area contributed by atoms with Crippen LogP contribution in [0.5, 0.6) is 0 Å². The molecule has 0 N–H and O–H groups in total. The van der Waals surface area contributed by atoms with Gasteiger partial charge in [-0.05, 0) is 68.1 Å². The Bertz CT molecular complexity index is 388. The molecule has 0 bridgehead atoms. The van der Waals surface area contributed by atoms with E-state index in [4.69, 9.17) is 0 Å². The van der Waals surface area contributed by atoms with Gasteiger partial charge in [-0.2, -0.15) is 0 Å². The van der Waals surface area contributed by atoms with Crippen LogP contribution in [0.25, 0.3) is 0 Å². The highest BCUT2D eigenvalue weighted by atomic mass is 16.1. The van der Waals surface area contributed by atoms with E-state index in [1.54, 1.807) is 25.7 Å². The van der Waals surface area contributed by atoms with Crippen molar-refractivity contribution in [1.82, 2.24) is 0 Å². The molecule has 0 heterocycles. The van der Waals surface area contributed by atoms with Gasteiger partial charge in [0.25, 0.3) is 0 Å². The predicted molar refractivity (Wildman–Crippen MR) is 111 cm³/mol. The Labute approximate surface area is 163 Å². The van der Waals surface area contributed by atoms with Crippen molar-refractivity contribution in [2.45, 2.75) is 122 Å². The number of hydrogen-bond donors (Lipinski definition) is 0. The summed E-state index contributed by atoms with van der Waals surface area (Å²) in [6.07, 6.45) is 25.0. The first-order chi connectivity index (χ1) is 12.7. The highest BCUT2D eigenvalue weighted by Gasteiger charge is 2.30. The second kappa shape index (κ2) is 10.9. The van der Waals surface area contributed by atoms with Gasteiger partial charge in [0.2, 0.25) is 0 Å². The maximum atomic E-state index is 11.3. The van der Waals surface area contributed by atoms with Crippen molar-refractivity contribution < 1.29 is 4.79 Å². The summed E-state index contributed by atoms with van der Waals surface area (Å²) in [5.74, 6) is 5.64. The van der Waals surface area contributed by atoms with Gasteiger partial charge in [0.15, 0.2) is 0 Å². The maximum Gasteiger partial charge on any atom is 0.132 e. The summed E-state index contributed by atoms with van der Waals surface area (Å²) in [6, 6.07) is 0. The number of rotatable bonds is 8. The topological polar surface area (TPSA) is 17.1 Å². The van der Waals surface area contributed by atoms with Gasteiger partial charge < -0.3 is 0 Å². The smallest absolute Gasteiger partial charge is 0.132 e. The van der Waals surface area contributed by atoms with E-state index in [0.29, 0.717) is 5.78 Å². The third-order valence-corrected chi connectivity index (χ3v) is 8.28. The molecule has 3 aliphatic carbocycles. The molecule has 1 nitrogen and oxygen atoms in total. The molecule has 0 aromatic heterocycles. The third-order valence-electron chi connectivity index (χ3n) is 8.28. The maximum absolute atomic E-state index is 11.3. The van der Waals surface area contributed by atoms with E-state index >= 15 is 0 Å². The third kappa shape index (κ3) is 6.38. The number of unbranched alkanes of at least 4 members (excludes halogenated alkanes) is 1. The summed E-state index contributed by atoms with van der Waals surface area (Å²) in [7, 11) is 0. The SMILES string of the molecule is CCC[C@H]1CC[C@H]([C@H]2CC[C@H](CCCCC3CCC(=O)CC3)CC2)CC1. The van der Waals surface area contributed by atoms with Crippen LogP contribution in [0.3, 0.4) is 0 Å². The van der Waals surface area contributed by atoms with Gasteiger partial charge in [0.05, 0.1) is 0 Å². The lowest BCUT2D eigenvalue weighted by atomic mass is 9.68.